The first-order chi connectivity index (χ1) is 7.67. The van der Waals surface area contributed by atoms with Crippen LogP contribution in [0, 0.1) is 5.92 Å². The normalized spacial score (nSPS) is 10.2. The molecule has 0 heterocycles. The Morgan fingerprint density at radius 1 is 1.00 bits per heavy atom. The van der Waals surface area contributed by atoms with E-state index in [1.807, 2.05) is 0 Å². The molecule has 0 aliphatic carbocycles. The van der Waals surface area contributed by atoms with Gasteiger partial charge in [-0.2, -0.15) is 0 Å². The lowest BCUT2D eigenvalue weighted by Gasteiger charge is -2.11. The fourth-order valence-electron chi connectivity index (χ4n) is 1.41. The summed E-state index contributed by atoms with van der Waals surface area (Å²) in [5.74, 6) is -1.78. The van der Waals surface area contributed by atoms with Crippen LogP contribution in [0.15, 0.2) is 0 Å². The predicted molar refractivity (Wildman–Crippen MR) is 64.4 cm³/mol. The molecule has 94 valence electrons. The highest BCUT2D eigenvalue weighted by molar-refractivity contribution is 9.09. The van der Waals surface area contributed by atoms with Crippen LogP contribution in [0.25, 0.3) is 0 Å². The Morgan fingerprint density at radius 2 is 1.50 bits per heavy atom. The van der Waals surface area contributed by atoms with Crippen LogP contribution in [0.5, 0.6) is 0 Å². The van der Waals surface area contributed by atoms with Crippen molar-refractivity contribution in [1.29, 1.82) is 0 Å². The number of halogens is 1. The van der Waals surface area contributed by atoms with Gasteiger partial charge in [0.25, 0.3) is 0 Å². The third kappa shape index (κ3) is 6.10. The van der Waals surface area contributed by atoms with Crippen molar-refractivity contribution in [3.63, 3.8) is 0 Å². The maximum absolute atomic E-state index is 11.3. The Bertz CT molecular complexity index is 202. The summed E-state index contributed by atoms with van der Waals surface area (Å²) in [6, 6.07) is 0. The third-order valence-corrected chi connectivity index (χ3v) is 2.91. The highest BCUT2D eigenvalue weighted by Gasteiger charge is 2.27. The lowest BCUT2D eigenvalue weighted by molar-refractivity contribution is -0.159. The van der Waals surface area contributed by atoms with Crippen LogP contribution in [0.3, 0.4) is 0 Å². The van der Waals surface area contributed by atoms with Gasteiger partial charge in [-0.3, -0.25) is 9.59 Å². The van der Waals surface area contributed by atoms with Crippen LogP contribution >= 0.6 is 15.9 Å². The molecule has 0 aromatic rings. The van der Waals surface area contributed by atoms with E-state index >= 15 is 0 Å². The minimum atomic E-state index is -0.765. The molecule has 0 bridgehead atoms. The van der Waals surface area contributed by atoms with Gasteiger partial charge < -0.3 is 9.47 Å². The molecule has 0 N–H and O–H groups in total. The standard InChI is InChI=1S/C11H19BrO4/c1-15-10(13)9(11(14)16-2)7-5-3-4-6-8-12/h9H,3-8H2,1-2H3. The first-order valence-corrected chi connectivity index (χ1v) is 6.51. The number of carbonyl (C=O) groups excluding carboxylic acids is 2. The molecule has 0 spiro atoms. The molecular weight excluding hydrogens is 276 g/mol. The number of alkyl halides is 1. The number of esters is 2. The van der Waals surface area contributed by atoms with Gasteiger partial charge in [0, 0.05) is 5.33 Å². The lowest BCUT2D eigenvalue weighted by Crippen LogP contribution is -2.26. The number of hydrogen-bond acceptors (Lipinski definition) is 4. The van der Waals surface area contributed by atoms with Gasteiger partial charge in [0.15, 0.2) is 5.92 Å². The highest BCUT2D eigenvalue weighted by atomic mass is 79.9. The van der Waals surface area contributed by atoms with E-state index in [9.17, 15) is 9.59 Å². The second kappa shape index (κ2) is 9.63. The Hall–Kier alpha value is -0.580. The molecule has 0 aromatic heterocycles. The van der Waals surface area contributed by atoms with Crippen LogP contribution in [0.1, 0.15) is 32.1 Å². The molecule has 0 saturated carbocycles. The molecule has 0 unspecified atom stereocenters. The quantitative estimate of drug-likeness (QED) is 0.298. The first-order valence-electron chi connectivity index (χ1n) is 5.39. The van der Waals surface area contributed by atoms with Crippen LogP contribution in [-0.2, 0) is 19.1 Å². The summed E-state index contributed by atoms with van der Waals surface area (Å²) in [6.07, 6.45) is 4.56. The Kier molecular flexibility index (Phi) is 9.28. The summed E-state index contributed by atoms with van der Waals surface area (Å²) >= 11 is 3.35. The van der Waals surface area contributed by atoms with Crippen LogP contribution in [0.2, 0.25) is 0 Å². The summed E-state index contributed by atoms with van der Waals surface area (Å²) < 4.78 is 9.13. The van der Waals surface area contributed by atoms with Gasteiger partial charge in [0.2, 0.25) is 0 Å². The van der Waals surface area contributed by atoms with Crippen molar-refractivity contribution in [3.05, 3.63) is 0 Å². The van der Waals surface area contributed by atoms with E-state index < -0.39 is 17.9 Å². The van der Waals surface area contributed by atoms with Crippen molar-refractivity contribution in [1.82, 2.24) is 0 Å². The average molecular weight is 295 g/mol. The summed E-state index contributed by atoms with van der Waals surface area (Å²) in [6.45, 7) is 0. The van der Waals surface area contributed by atoms with Gasteiger partial charge >= 0.3 is 11.9 Å². The van der Waals surface area contributed by atoms with Crippen LogP contribution < -0.4 is 0 Å². The fourth-order valence-corrected chi connectivity index (χ4v) is 1.81. The number of unbranched alkanes of at least 4 members (excludes halogenated alkanes) is 3. The largest absolute Gasteiger partial charge is 0.468 e. The number of methoxy groups -OCH3 is 2. The number of rotatable bonds is 8. The summed E-state index contributed by atoms with van der Waals surface area (Å²) in [7, 11) is 2.56. The van der Waals surface area contributed by atoms with Crippen LogP contribution in [-0.4, -0.2) is 31.5 Å². The lowest BCUT2D eigenvalue weighted by atomic mass is 10.0. The predicted octanol–water partition coefficient (Wildman–Crippen LogP) is 2.29. The van der Waals surface area contributed by atoms with Gasteiger partial charge in [0.05, 0.1) is 14.2 Å². The summed E-state index contributed by atoms with van der Waals surface area (Å²) in [5.41, 5.74) is 0. The third-order valence-electron chi connectivity index (χ3n) is 2.35. The van der Waals surface area contributed by atoms with Crippen molar-refractivity contribution >= 4 is 27.9 Å². The molecule has 0 aliphatic heterocycles. The van der Waals surface area contributed by atoms with Crippen molar-refractivity contribution in [3.8, 4) is 0 Å². The van der Waals surface area contributed by atoms with Gasteiger partial charge in [-0.25, -0.2) is 0 Å². The minimum Gasteiger partial charge on any atom is -0.468 e. The van der Waals surface area contributed by atoms with E-state index in [1.54, 1.807) is 0 Å². The highest BCUT2D eigenvalue weighted by Crippen LogP contribution is 2.14. The minimum absolute atomic E-state index is 0.502. The van der Waals surface area contributed by atoms with E-state index in [2.05, 4.69) is 25.4 Å². The smallest absolute Gasteiger partial charge is 0.320 e. The number of carbonyl (C=O) groups is 2. The molecule has 0 amide bonds. The average Bonchev–Trinajstić information content (AvgIpc) is 2.32. The Morgan fingerprint density at radius 3 is 1.94 bits per heavy atom. The monoisotopic (exact) mass is 294 g/mol. The molecule has 0 aromatic carbocycles. The fraction of sp³-hybridized carbons (Fsp3) is 0.818. The van der Waals surface area contributed by atoms with Gasteiger partial charge in [-0.1, -0.05) is 35.2 Å². The zero-order valence-corrected chi connectivity index (χ0v) is 11.4. The molecule has 16 heavy (non-hydrogen) atoms. The number of hydrogen-bond donors (Lipinski definition) is 0. The zero-order chi connectivity index (χ0) is 12.4. The van der Waals surface area contributed by atoms with E-state index in [4.69, 9.17) is 0 Å². The molecule has 0 saturated heterocycles. The Labute approximate surface area is 105 Å². The van der Waals surface area contributed by atoms with Crippen LogP contribution in [0.4, 0.5) is 0 Å². The van der Waals surface area contributed by atoms with Crippen molar-refractivity contribution in [2.45, 2.75) is 32.1 Å². The van der Waals surface area contributed by atoms with E-state index in [0.717, 1.165) is 31.0 Å². The molecule has 0 aliphatic rings. The SMILES string of the molecule is COC(=O)C(CCCCCCBr)C(=O)OC. The zero-order valence-electron chi connectivity index (χ0n) is 9.83. The molecule has 0 atom stereocenters. The maximum Gasteiger partial charge on any atom is 0.320 e. The summed E-state index contributed by atoms with van der Waals surface area (Å²) in [5, 5.41) is 0.991. The van der Waals surface area contributed by atoms with Crippen molar-refractivity contribution in [2.75, 3.05) is 19.5 Å². The van der Waals surface area contributed by atoms with Gasteiger partial charge in [-0.05, 0) is 12.8 Å². The second-order valence-corrected chi connectivity index (χ2v) is 4.28. The maximum atomic E-state index is 11.3. The van der Waals surface area contributed by atoms with Gasteiger partial charge in [0.1, 0.15) is 0 Å². The molecular formula is C11H19BrO4. The van der Waals surface area contributed by atoms with E-state index in [0.29, 0.717) is 6.42 Å². The molecule has 0 fully saturated rings. The summed E-state index contributed by atoms with van der Waals surface area (Å²) in [4.78, 5) is 22.6. The molecule has 5 heteroatoms. The molecule has 4 nitrogen and oxygen atoms in total. The van der Waals surface area contributed by atoms with E-state index in [-0.39, 0.29) is 0 Å². The van der Waals surface area contributed by atoms with Crippen molar-refractivity contribution in [2.24, 2.45) is 5.92 Å². The number of ether oxygens (including phenoxy) is 2. The molecule has 0 rings (SSSR count). The topological polar surface area (TPSA) is 52.6 Å². The molecule has 0 radical (unpaired) electrons. The van der Waals surface area contributed by atoms with Crippen molar-refractivity contribution < 1.29 is 19.1 Å². The van der Waals surface area contributed by atoms with Gasteiger partial charge in [-0.15, -0.1) is 0 Å². The van der Waals surface area contributed by atoms with E-state index in [1.165, 1.54) is 14.2 Å². The first kappa shape index (κ1) is 15.4. The Balaban J connectivity index is 3.93. The second-order valence-electron chi connectivity index (χ2n) is 3.49.